The summed E-state index contributed by atoms with van der Waals surface area (Å²) < 4.78 is 43.4. The van der Waals surface area contributed by atoms with Gasteiger partial charge < -0.3 is 15.2 Å². The first kappa shape index (κ1) is 24.6. The van der Waals surface area contributed by atoms with Gasteiger partial charge in [-0.15, -0.1) is 0 Å². The number of ether oxygens (including phenoxy) is 1. The fourth-order valence-corrected chi connectivity index (χ4v) is 4.32. The quantitative estimate of drug-likeness (QED) is 0.574. The second kappa shape index (κ2) is 11.3. The first-order valence-corrected chi connectivity index (χ1v) is 11.4. The van der Waals surface area contributed by atoms with E-state index in [0.717, 1.165) is 62.8 Å². The monoisotopic (exact) mass is 478 g/mol. The van der Waals surface area contributed by atoms with Crippen molar-refractivity contribution in [3.8, 4) is 11.1 Å². The van der Waals surface area contributed by atoms with Gasteiger partial charge in [0.15, 0.2) is 0 Å². The molecule has 3 heterocycles. The summed E-state index contributed by atoms with van der Waals surface area (Å²) in [6.07, 6.45) is -2.93. The van der Waals surface area contributed by atoms with E-state index in [2.05, 4.69) is 14.8 Å². The molecule has 184 valence electrons. The molecule has 7 nitrogen and oxygen atoms in total. The number of pyridine rings is 1. The largest absolute Gasteiger partial charge is 0.386 e. The van der Waals surface area contributed by atoms with Crippen LogP contribution in [0.1, 0.15) is 17.4 Å². The number of rotatable bonds is 9. The number of nitrogens with zero attached hydrogens (tertiary/aromatic N) is 3. The van der Waals surface area contributed by atoms with Crippen LogP contribution in [-0.4, -0.2) is 90.4 Å². The molecule has 0 bridgehead atoms. The van der Waals surface area contributed by atoms with Crippen LogP contribution in [0.5, 0.6) is 0 Å². The highest BCUT2D eigenvalue weighted by Crippen LogP contribution is 2.25. The lowest BCUT2D eigenvalue weighted by atomic mass is 9.99. The zero-order valence-corrected chi connectivity index (χ0v) is 18.7. The van der Waals surface area contributed by atoms with Gasteiger partial charge in [0.2, 0.25) is 0 Å². The molecule has 1 aromatic heterocycles. The molecule has 2 aromatic rings. The van der Waals surface area contributed by atoms with Crippen LogP contribution < -0.4 is 5.32 Å². The molecule has 0 aliphatic carbocycles. The van der Waals surface area contributed by atoms with Crippen molar-refractivity contribution in [2.45, 2.75) is 31.2 Å². The molecule has 0 unspecified atom stereocenters. The SMILES string of the molecule is O=C(N[C@H](CF)[C@@H](O)c1ccc(-c2ccc(CN3CC(N4CCOCC4)C3)nc2)cc1)C(F)F. The van der Waals surface area contributed by atoms with Crippen LogP contribution >= 0.6 is 0 Å². The number of hydrogen-bond acceptors (Lipinski definition) is 6. The highest BCUT2D eigenvalue weighted by Gasteiger charge is 2.32. The predicted molar refractivity (Wildman–Crippen MR) is 120 cm³/mol. The minimum Gasteiger partial charge on any atom is -0.386 e. The van der Waals surface area contributed by atoms with Gasteiger partial charge in [-0.1, -0.05) is 30.3 Å². The van der Waals surface area contributed by atoms with Gasteiger partial charge in [0, 0.05) is 50.5 Å². The molecule has 1 amide bonds. The maximum Gasteiger partial charge on any atom is 0.315 e. The van der Waals surface area contributed by atoms with Gasteiger partial charge in [0.25, 0.3) is 5.91 Å². The Morgan fingerprint density at radius 3 is 2.38 bits per heavy atom. The summed E-state index contributed by atoms with van der Waals surface area (Å²) in [6, 6.07) is 9.74. The van der Waals surface area contributed by atoms with Gasteiger partial charge in [-0.3, -0.25) is 19.6 Å². The molecular formula is C24H29F3N4O3. The lowest BCUT2D eigenvalue weighted by molar-refractivity contribution is -0.133. The van der Waals surface area contributed by atoms with Crippen LogP contribution in [0.3, 0.4) is 0 Å². The molecule has 2 N–H and O–H groups in total. The lowest BCUT2D eigenvalue weighted by Gasteiger charge is -2.46. The molecule has 10 heteroatoms. The van der Waals surface area contributed by atoms with Crippen molar-refractivity contribution in [1.82, 2.24) is 20.1 Å². The van der Waals surface area contributed by atoms with E-state index in [4.69, 9.17) is 4.74 Å². The minimum absolute atomic E-state index is 0.318. The van der Waals surface area contributed by atoms with Gasteiger partial charge in [0.1, 0.15) is 12.8 Å². The van der Waals surface area contributed by atoms with E-state index in [-0.39, 0.29) is 0 Å². The molecule has 2 aliphatic heterocycles. The second-order valence-corrected chi connectivity index (χ2v) is 8.67. The van der Waals surface area contributed by atoms with Crippen LogP contribution in [-0.2, 0) is 16.1 Å². The number of halogens is 3. The fourth-order valence-electron chi connectivity index (χ4n) is 4.32. The molecule has 2 fully saturated rings. The van der Waals surface area contributed by atoms with E-state index in [1.165, 1.54) is 0 Å². The molecular weight excluding hydrogens is 449 g/mol. The number of carbonyl (C=O) groups excluding carboxylic acids is 1. The highest BCUT2D eigenvalue weighted by atomic mass is 19.3. The Bertz CT molecular complexity index is 933. The van der Waals surface area contributed by atoms with E-state index in [1.807, 2.05) is 17.4 Å². The molecule has 34 heavy (non-hydrogen) atoms. The molecule has 0 radical (unpaired) electrons. The van der Waals surface area contributed by atoms with Crippen LogP contribution in [0.25, 0.3) is 11.1 Å². The summed E-state index contributed by atoms with van der Waals surface area (Å²) in [4.78, 5) is 20.6. The van der Waals surface area contributed by atoms with Crippen molar-refractivity contribution >= 4 is 5.91 Å². The molecule has 2 aliphatic rings. The van der Waals surface area contributed by atoms with E-state index in [0.29, 0.717) is 11.6 Å². The summed E-state index contributed by atoms with van der Waals surface area (Å²) in [5, 5.41) is 12.1. The van der Waals surface area contributed by atoms with Crippen molar-refractivity contribution in [1.29, 1.82) is 0 Å². The summed E-state index contributed by atoms with van der Waals surface area (Å²) in [7, 11) is 0. The van der Waals surface area contributed by atoms with Crippen LogP contribution in [0.2, 0.25) is 0 Å². The van der Waals surface area contributed by atoms with Gasteiger partial charge in [-0.05, 0) is 17.2 Å². The molecule has 2 atom stereocenters. The van der Waals surface area contributed by atoms with Crippen molar-refractivity contribution < 1.29 is 27.8 Å². The van der Waals surface area contributed by atoms with Gasteiger partial charge >= 0.3 is 6.43 Å². The number of nitrogens with one attached hydrogen (secondary N) is 1. The first-order valence-electron chi connectivity index (χ1n) is 11.4. The Kier molecular flexibility index (Phi) is 8.15. The predicted octanol–water partition coefficient (Wildman–Crippen LogP) is 2.02. The van der Waals surface area contributed by atoms with E-state index < -0.39 is 31.2 Å². The van der Waals surface area contributed by atoms with E-state index in [1.54, 1.807) is 30.5 Å². The average molecular weight is 479 g/mol. The maximum atomic E-state index is 13.2. The summed E-state index contributed by atoms with van der Waals surface area (Å²) in [5.41, 5.74) is 3.03. The molecule has 0 saturated carbocycles. The normalized spacial score (nSPS) is 19.6. The number of carbonyl (C=O) groups is 1. The number of amides is 1. The van der Waals surface area contributed by atoms with Crippen LogP contribution in [0.15, 0.2) is 42.6 Å². The van der Waals surface area contributed by atoms with Crippen LogP contribution in [0.4, 0.5) is 13.2 Å². The number of benzene rings is 1. The Labute approximate surface area is 196 Å². The summed E-state index contributed by atoms with van der Waals surface area (Å²) >= 11 is 0. The van der Waals surface area contributed by atoms with Crippen molar-refractivity contribution in [3.05, 3.63) is 53.9 Å². The number of morpholine rings is 1. The third-order valence-corrected chi connectivity index (χ3v) is 6.37. The Morgan fingerprint density at radius 1 is 1.12 bits per heavy atom. The Hall–Kier alpha value is -2.53. The third-order valence-electron chi connectivity index (χ3n) is 6.37. The number of likely N-dealkylation sites (tertiary alicyclic amines) is 1. The lowest BCUT2D eigenvalue weighted by Crippen LogP contribution is -2.60. The number of aliphatic hydroxyl groups is 1. The first-order chi connectivity index (χ1) is 16.4. The van der Waals surface area contributed by atoms with Crippen molar-refractivity contribution in [2.75, 3.05) is 46.1 Å². The fraction of sp³-hybridized carbons (Fsp3) is 0.500. The number of hydrogen-bond donors (Lipinski definition) is 2. The van der Waals surface area contributed by atoms with E-state index >= 15 is 0 Å². The molecule has 2 saturated heterocycles. The zero-order valence-electron chi connectivity index (χ0n) is 18.7. The van der Waals surface area contributed by atoms with Gasteiger partial charge in [-0.2, -0.15) is 8.78 Å². The zero-order chi connectivity index (χ0) is 24.1. The molecule has 1 aromatic carbocycles. The smallest absolute Gasteiger partial charge is 0.315 e. The molecule has 0 spiro atoms. The number of aliphatic hydroxyl groups excluding tert-OH is 1. The third kappa shape index (κ3) is 5.93. The minimum atomic E-state index is -3.27. The number of aromatic nitrogens is 1. The highest BCUT2D eigenvalue weighted by molar-refractivity contribution is 5.79. The van der Waals surface area contributed by atoms with Crippen molar-refractivity contribution in [2.24, 2.45) is 0 Å². The standard InChI is InChI=1S/C24H29F3N4O3/c25-11-21(29-24(33)23(26)27)22(32)17-3-1-16(2-4-17)18-5-6-19(28-12-18)13-30-14-20(15-30)31-7-9-34-10-8-31/h1-6,12,20-23,32H,7-11,13-15H2,(H,29,33)/t21-,22+/m1/s1. The topological polar surface area (TPSA) is 77.9 Å². The number of alkyl halides is 3. The summed E-state index contributed by atoms with van der Waals surface area (Å²) in [5.74, 6) is -1.61. The van der Waals surface area contributed by atoms with Gasteiger partial charge in [0.05, 0.1) is 24.9 Å². The van der Waals surface area contributed by atoms with Crippen molar-refractivity contribution in [3.63, 3.8) is 0 Å². The molecule has 4 rings (SSSR count). The Balaban J connectivity index is 1.30. The summed E-state index contributed by atoms with van der Waals surface area (Å²) in [6.45, 7) is 5.31. The van der Waals surface area contributed by atoms with Crippen LogP contribution in [0, 0.1) is 0 Å². The van der Waals surface area contributed by atoms with Gasteiger partial charge in [-0.25, -0.2) is 4.39 Å². The average Bonchev–Trinajstić information content (AvgIpc) is 2.85. The van der Waals surface area contributed by atoms with E-state index in [9.17, 15) is 23.1 Å². The Morgan fingerprint density at radius 2 is 1.79 bits per heavy atom. The second-order valence-electron chi connectivity index (χ2n) is 8.67. The maximum absolute atomic E-state index is 13.2.